The molecule has 0 saturated carbocycles. The average molecular weight is 408 g/mol. The lowest BCUT2D eigenvalue weighted by Gasteiger charge is -2.15. The van der Waals surface area contributed by atoms with Crippen molar-refractivity contribution in [1.82, 2.24) is 19.5 Å². The molecule has 0 saturated heterocycles. The highest BCUT2D eigenvalue weighted by atomic mass is 79.9. The van der Waals surface area contributed by atoms with Gasteiger partial charge in [-0.3, -0.25) is 0 Å². The molecule has 1 aliphatic carbocycles. The number of halogens is 1. The molecule has 3 rings (SSSR count). The lowest BCUT2D eigenvalue weighted by atomic mass is 10.0. The van der Waals surface area contributed by atoms with Crippen molar-refractivity contribution in [2.24, 2.45) is 11.8 Å². The van der Waals surface area contributed by atoms with Gasteiger partial charge < -0.3 is 10.3 Å². The van der Waals surface area contributed by atoms with Gasteiger partial charge in [-0.2, -0.15) is 0 Å². The zero-order valence-corrected chi connectivity index (χ0v) is 16.3. The number of allylic oxidation sites excluding steroid dienone is 4. The minimum Gasteiger partial charge on any atom is -0.382 e. The molecule has 0 amide bonds. The van der Waals surface area contributed by atoms with Crippen LogP contribution in [-0.2, 0) is 6.54 Å². The van der Waals surface area contributed by atoms with Crippen LogP contribution in [0.15, 0.2) is 34.2 Å². The molecule has 1 unspecified atom stereocenters. The third-order valence-corrected chi connectivity index (χ3v) is 5.45. The first-order chi connectivity index (χ1) is 11.5. The number of hydrogen-bond donors (Lipinski definition) is 1. The van der Waals surface area contributed by atoms with E-state index >= 15 is 0 Å². The van der Waals surface area contributed by atoms with E-state index in [2.05, 4.69) is 68.6 Å². The van der Waals surface area contributed by atoms with Crippen LogP contribution >= 0.6 is 27.7 Å². The number of hydrogen-bond acceptors (Lipinski definition) is 5. The molecule has 1 aliphatic rings. The first-order valence-corrected chi connectivity index (χ1v) is 9.98. The quantitative estimate of drug-likeness (QED) is 0.435. The number of imidazole rings is 1. The molecule has 5 nitrogen and oxygen atoms in total. The van der Waals surface area contributed by atoms with E-state index in [1.54, 1.807) is 11.8 Å². The molecule has 2 aromatic heterocycles. The summed E-state index contributed by atoms with van der Waals surface area (Å²) in [6.45, 7) is 5.26. The van der Waals surface area contributed by atoms with Gasteiger partial charge in [0.1, 0.15) is 0 Å². The topological polar surface area (TPSA) is 69.6 Å². The van der Waals surface area contributed by atoms with E-state index in [1.807, 2.05) is 0 Å². The number of nitrogens with two attached hydrogens (primary N) is 1. The Balaban J connectivity index is 1.87. The average Bonchev–Trinajstić information content (AvgIpc) is 2.85. The Kier molecular flexibility index (Phi) is 5.61. The van der Waals surface area contributed by atoms with E-state index < -0.39 is 0 Å². The Morgan fingerprint density at radius 1 is 1.33 bits per heavy atom. The lowest BCUT2D eigenvalue weighted by molar-refractivity contribution is 0.531. The summed E-state index contributed by atoms with van der Waals surface area (Å²) in [5.74, 6) is 2.56. The number of nitrogens with zero attached hydrogens (tertiary/aromatic N) is 4. The summed E-state index contributed by atoms with van der Waals surface area (Å²) in [6.07, 6.45) is 10.8. The summed E-state index contributed by atoms with van der Waals surface area (Å²) in [6, 6.07) is 0. The van der Waals surface area contributed by atoms with Crippen molar-refractivity contribution in [2.75, 3.05) is 11.5 Å². The number of aromatic nitrogens is 4. The second kappa shape index (κ2) is 7.70. The number of thioether (sulfide) groups is 1. The molecule has 2 aromatic rings. The fourth-order valence-corrected chi connectivity index (χ4v) is 4.16. The van der Waals surface area contributed by atoms with Gasteiger partial charge in [-0.1, -0.05) is 49.9 Å². The van der Waals surface area contributed by atoms with E-state index in [4.69, 9.17) is 10.7 Å². The predicted molar refractivity (Wildman–Crippen MR) is 104 cm³/mol. The van der Waals surface area contributed by atoms with Crippen LogP contribution < -0.4 is 5.73 Å². The Bertz CT molecular complexity index is 781. The van der Waals surface area contributed by atoms with Gasteiger partial charge in [0.25, 0.3) is 0 Å². The molecule has 2 heterocycles. The van der Waals surface area contributed by atoms with Gasteiger partial charge in [0.15, 0.2) is 26.9 Å². The molecule has 0 fully saturated rings. The minimum absolute atomic E-state index is 0.442. The van der Waals surface area contributed by atoms with Crippen LogP contribution in [0.2, 0.25) is 0 Å². The van der Waals surface area contributed by atoms with E-state index in [0.717, 1.165) is 40.7 Å². The second-order valence-electron chi connectivity index (χ2n) is 6.39. The monoisotopic (exact) mass is 407 g/mol. The summed E-state index contributed by atoms with van der Waals surface area (Å²) < 4.78 is 2.85. The molecule has 0 spiro atoms. The van der Waals surface area contributed by atoms with E-state index in [0.29, 0.717) is 23.2 Å². The Labute approximate surface area is 155 Å². The molecule has 24 heavy (non-hydrogen) atoms. The highest BCUT2D eigenvalue weighted by Gasteiger charge is 2.18. The summed E-state index contributed by atoms with van der Waals surface area (Å²) in [5, 5.41) is 0.730. The SMILES string of the molecule is CC(C)CCSc1nc(N)c2nc(Br)n(CC3C=CC=CC3)c2n1. The van der Waals surface area contributed by atoms with Crippen molar-refractivity contribution < 1.29 is 0 Å². The molecule has 7 heteroatoms. The van der Waals surface area contributed by atoms with Gasteiger partial charge in [-0.15, -0.1) is 0 Å². The first kappa shape index (κ1) is 17.5. The summed E-state index contributed by atoms with van der Waals surface area (Å²) in [4.78, 5) is 13.6. The molecular formula is C17H22BrN5S. The number of nitrogen functional groups attached to an aromatic ring is 1. The van der Waals surface area contributed by atoms with Gasteiger partial charge in [0.05, 0.1) is 0 Å². The lowest BCUT2D eigenvalue weighted by Crippen LogP contribution is -2.10. The van der Waals surface area contributed by atoms with Crippen molar-refractivity contribution >= 4 is 44.7 Å². The number of anilines is 1. The standard InChI is InChI=1S/C17H22BrN5S/c1-11(2)8-9-24-17-21-14(19)13-15(22-17)23(16(18)20-13)10-12-6-4-3-5-7-12/h3-6,11-12H,7-10H2,1-2H3,(H2,19,21,22). The molecule has 0 aromatic carbocycles. The van der Waals surface area contributed by atoms with Gasteiger partial charge >= 0.3 is 0 Å². The molecule has 128 valence electrons. The number of rotatable bonds is 6. The smallest absolute Gasteiger partial charge is 0.191 e. The normalized spacial score (nSPS) is 17.2. The first-order valence-electron chi connectivity index (χ1n) is 8.20. The maximum absolute atomic E-state index is 6.12. The van der Waals surface area contributed by atoms with Gasteiger partial charge in [0.2, 0.25) is 0 Å². The van der Waals surface area contributed by atoms with Crippen molar-refractivity contribution in [3.05, 3.63) is 29.0 Å². The summed E-state index contributed by atoms with van der Waals surface area (Å²) in [7, 11) is 0. The maximum Gasteiger partial charge on any atom is 0.191 e. The zero-order valence-electron chi connectivity index (χ0n) is 13.9. The van der Waals surface area contributed by atoms with Gasteiger partial charge in [-0.05, 0) is 40.6 Å². The molecule has 1 atom stereocenters. The predicted octanol–water partition coefficient (Wildman–Crippen LogP) is 4.44. The third-order valence-electron chi connectivity index (χ3n) is 3.97. The zero-order chi connectivity index (χ0) is 17.1. The highest BCUT2D eigenvalue weighted by molar-refractivity contribution is 9.10. The van der Waals surface area contributed by atoms with Crippen LogP contribution in [-0.4, -0.2) is 25.3 Å². The highest BCUT2D eigenvalue weighted by Crippen LogP contribution is 2.28. The van der Waals surface area contributed by atoms with Crippen LogP contribution in [0.3, 0.4) is 0 Å². The number of fused-ring (bicyclic) bond motifs is 1. The van der Waals surface area contributed by atoms with Crippen molar-refractivity contribution in [3.63, 3.8) is 0 Å². The molecular weight excluding hydrogens is 386 g/mol. The van der Waals surface area contributed by atoms with Gasteiger partial charge in [0, 0.05) is 12.3 Å². The van der Waals surface area contributed by atoms with E-state index in [1.165, 1.54) is 0 Å². The Hall–Kier alpha value is -1.34. The Morgan fingerprint density at radius 2 is 2.17 bits per heavy atom. The van der Waals surface area contributed by atoms with Crippen LogP contribution in [0.1, 0.15) is 26.7 Å². The van der Waals surface area contributed by atoms with E-state index in [9.17, 15) is 0 Å². The van der Waals surface area contributed by atoms with Crippen LogP contribution in [0.4, 0.5) is 5.82 Å². The van der Waals surface area contributed by atoms with Crippen molar-refractivity contribution in [1.29, 1.82) is 0 Å². The van der Waals surface area contributed by atoms with Crippen LogP contribution in [0, 0.1) is 11.8 Å². The fraction of sp³-hybridized carbons (Fsp3) is 0.471. The van der Waals surface area contributed by atoms with Crippen molar-refractivity contribution in [2.45, 2.75) is 38.4 Å². The van der Waals surface area contributed by atoms with Gasteiger partial charge in [-0.25, -0.2) is 15.0 Å². The summed E-state index contributed by atoms with van der Waals surface area (Å²) >= 11 is 5.20. The van der Waals surface area contributed by atoms with Crippen molar-refractivity contribution in [3.8, 4) is 0 Å². The maximum atomic E-state index is 6.12. The second-order valence-corrected chi connectivity index (χ2v) is 8.17. The molecule has 0 bridgehead atoms. The Morgan fingerprint density at radius 3 is 2.88 bits per heavy atom. The largest absolute Gasteiger partial charge is 0.382 e. The van der Waals surface area contributed by atoms with Crippen LogP contribution in [0.25, 0.3) is 11.2 Å². The molecule has 0 radical (unpaired) electrons. The van der Waals surface area contributed by atoms with E-state index in [-0.39, 0.29) is 0 Å². The third kappa shape index (κ3) is 4.00. The molecule has 0 aliphatic heterocycles. The summed E-state index contributed by atoms with van der Waals surface area (Å²) in [5.41, 5.74) is 7.60. The van der Waals surface area contributed by atoms with Crippen LogP contribution in [0.5, 0.6) is 0 Å². The minimum atomic E-state index is 0.442. The molecule has 2 N–H and O–H groups in total. The fourth-order valence-electron chi connectivity index (χ4n) is 2.59.